The minimum Gasteiger partial charge on any atom is -0.493 e. The lowest BCUT2D eigenvalue weighted by Gasteiger charge is -2.26. The summed E-state index contributed by atoms with van der Waals surface area (Å²) in [5.41, 5.74) is 2.19. The molecule has 0 aliphatic carbocycles. The largest absolute Gasteiger partial charge is 0.493 e. The van der Waals surface area contributed by atoms with E-state index < -0.39 is 0 Å². The molecule has 0 bridgehead atoms. The van der Waals surface area contributed by atoms with E-state index in [0.29, 0.717) is 19.1 Å². The van der Waals surface area contributed by atoms with Crippen LogP contribution >= 0.6 is 0 Å². The summed E-state index contributed by atoms with van der Waals surface area (Å²) in [4.78, 5) is 4.35. The second kappa shape index (κ2) is 10.6. The van der Waals surface area contributed by atoms with Crippen LogP contribution in [0, 0.1) is 0 Å². The van der Waals surface area contributed by atoms with E-state index in [1.165, 1.54) is 5.56 Å². The van der Waals surface area contributed by atoms with Gasteiger partial charge in [-0.3, -0.25) is 4.99 Å². The van der Waals surface area contributed by atoms with Crippen LogP contribution < -0.4 is 20.1 Å². The maximum Gasteiger partial charge on any atom is 0.195 e. The highest BCUT2D eigenvalue weighted by Crippen LogP contribution is 2.32. The zero-order valence-corrected chi connectivity index (χ0v) is 16.6. The molecule has 0 saturated carbocycles. The Balaban J connectivity index is 1.54. The summed E-state index contributed by atoms with van der Waals surface area (Å²) < 4.78 is 16.6. The van der Waals surface area contributed by atoms with Crippen molar-refractivity contribution in [2.75, 3.05) is 45.8 Å². The van der Waals surface area contributed by atoms with Gasteiger partial charge < -0.3 is 24.8 Å². The zero-order chi connectivity index (χ0) is 19.6. The molecule has 0 spiro atoms. The molecule has 6 heteroatoms. The maximum atomic E-state index is 5.76. The Morgan fingerprint density at radius 2 is 2.07 bits per heavy atom. The molecular weight excluding hydrogens is 354 g/mol. The Kier molecular flexibility index (Phi) is 7.55. The van der Waals surface area contributed by atoms with E-state index in [1.807, 2.05) is 36.4 Å². The third-order valence-electron chi connectivity index (χ3n) is 4.68. The number of anilines is 1. The zero-order valence-electron chi connectivity index (χ0n) is 16.6. The Hall–Kier alpha value is -2.73. The van der Waals surface area contributed by atoms with E-state index in [4.69, 9.17) is 14.2 Å². The van der Waals surface area contributed by atoms with Crippen LogP contribution in [-0.4, -0.2) is 46.5 Å². The van der Waals surface area contributed by atoms with Crippen LogP contribution in [0.15, 0.2) is 53.5 Å². The average molecular weight is 383 g/mol. The highest BCUT2D eigenvalue weighted by molar-refractivity contribution is 5.93. The van der Waals surface area contributed by atoms with Crippen LogP contribution in [0.5, 0.6) is 11.5 Å². The second-order valence-electron chi connectivity index (χ2n) is 6.67. The molecule has 0 aromatic heterocycles. The topological polar surface area (TPSA) is 64.1 Å². The minimum absolute atomic E-state index is 0.402. The maximum absolute atomic E-state index is 5.76. The predicted molar refractivity (Wildman–Crippen MR) is 113 cm³/mol. The molecule has 28 heavy (non-hydrogen) atoms. The van der Waals surface area contributed by atoms with Gasteiger partial charge in [-0.1, -0.05) is 24.3 Å². The first kappa shape index (κ1) is 20.0. The van der Waals surface area contributed by atoms with Gasteiger partial charge >= 0.3 is 0 Å². The summed E-state index contributed by atoms with van der Waals surface area (Å²) in [5.74, 6) is 2.95. The third-order valence-corrected chi connectivity index (χ3v) is 4.68. The van der Waals surface area contributed by atoms with Crippen LogP contribution in [-0.2, 0) is 4.74 Å². The Morgan fingerprint density at radius 3 is 2.93 bits per heavy atom. The van der Waals surface area contributed by atoms with Crippen molar-refractivity contribution >= 4 is 11.6 Å². The lowest BCUT2D eigenvalue weighted by atomic mass is 9.93. The van der Waals surface area contributed by atoms with Crippen molar-refractivity contribution in [3.05, 3.63) is 54.1 Å². The number of hydrogen-bond acceptors (Lipinski definition) is 4. The first-order valence-electron chi connectivity index (χ1n) is 9.71. The van der Waals surface area contributed by atoms with Gasteiger partial charge in [-0.2, -0.15) is 0 Å². The van der Waals surface area contributed by atoms with Gasteiger partial charge in [0.1, 0.15) is 11.5 Å². The second-order valence-corrected chi connectivity index (χ2v) is 6.67. The van der Waals surface area contributed by atoms with E-state index in [9.17, 15) is 0 Å². The number of benzene rings is 2. The van der Waals surface area contributed by atoms with Gasteiger partial charge in [0.25, 0.3) is 0 Å². The lowest BCUT2D eigenvalue weighted by Crippen LogP contribution is -2.35. The number of rotatable bonds is 8. The van der Waals surface area contributed by atoms with Crippen molar-refractivity contribution in [2.24, 2.45) is 4.99 Å². The first-order chi connectivity index (χ1) is 13.8. The van der Waals surface area contributed by atoms with Crippen molar-refractivity contribution in [3.8, 4) is 11.5 Å². The lowest BCUT2D eigenvalue weighted by molar-refractivity contribution is 0.172. The number of guanidine groups is 1. The minimum atomic E-state index is 0.402. The highest BCUT2D eigenvalue weighted by Gasteiger charge is 2.21. The van der Waals surface area contributed by atoms with Gasteiger partial charge in [0.2, 0.25) is 0 Å². The summed E-state index contributed by atoms with van der Waals surface area (Å²) in [5, 5.41) is 6.77. The fraction of sp³-hybridized carbons (Fsp3) is 0.409. The summed E-state index contributed by atoms with van der Waals surface area (Å²) in [6.45, 7) is 2.88. The molecule has 3 rings (SSSR count). The summed E-state index contributed by atoms with van der Waals surface area (Å²) >= 11 is 0. The number of para-hydroxylation sites is 1. The van der Waals surface area contributed by atoms with Gasteiger partial charge in [0, 0.05) is 51.4 Å². The van der Waals surface area contributed by atoms with Crippen LogP contribution in [0.4, 0.5) is 5.69 Å². The fourth-order valence-corrected chi connectivity index (χ4v) is 3.22. The smallest absolute Gasteiger partial charge is 0.195 e. The molecule has 1 atom stereocenters. The molecule has 2 aromatic carbocycles. The molecule has 1 aliphatic rings. The summed E-state index contributed by atoms with van der Waals surface area (Å²) in [7, 11) is 3.47. The average Bonchev–Trinajstić information content (AvgIpc) is 2.74. The van der Waals surface area contributed by atoms with Crippen molar-refractivity contribution in [2.45, 2.75) is 18.8 Å². The van der Waals surface area contributed by atoms with Gasteiger partial charge in [-0.05, 0) is 30.2 Å². The van der Waals surface area contributed by atoms with E-state index in [-0.39, 0.29) is 0 Å². The van der Waals surface area contributed by atoms with E-state index in [0.717, 1.165) is 49.1 Å². The third kappa shape index (κ3) is 5.63. The van der Waals surface area contributed by atoms with Crippen LogP contribution in [0.2, 0.25) is 0 Å². The predicted octanol–water partition coefficient (Wildman–Crippen LogP) is 3.66. The molecule has 0 amide bonds. The normalized spacial score (nSPS) is 16.1. The molecular formula is C22H29N3O3. The number of aliphatic imine (C=N–C) groups is 1. The molecule has 150 valence electrons. The summed E-state index contributed by atoms with van der Waals surface area (Å²) in [6.07, 6.45) is 1.86. The van der Waals surface area contributed by atoms with E-state index >= 15 is 0 Å². The molecule has 1 heterocycles. The quantitative estimate of drug-likeness (QED) is 0.414. The SMILES string of the molecule is CN=C(NCC1CCOc2ccccc21)Nc1cccc(OCCCOC)c1. The van der Waals surface area contributed by atoms with Gasteiger partial charge in [0.05, 0.1) is 13.2 Å². The monoisotopic (exact) mass is 383 g/mol. The van der Waals surface area contributed by atoms with Gasteiger partial charge in [-0.15, -0.1) is 0 Å². The molecule has 0 radical (unpaired) electrons. The van der Waals surface area contributed by atoms with Crippen molar-refractivity contribution in [1.29, 1.82) is 0 Å². The number of methoxy groups -OCH3 is 1. The summed E-state index contributed by atoms with van der Waals surface area (Å²) in [6, 6.07) is 16.1. The fourth-order valence-electron chi connectivity index (χ4n) is 3.22. The Bertz CT molecular complexity index is 779. The molecule has 6 nitrogen and oxygen atoms in total. The molecule has 0 fully saturated rings. The molecule has 0 saturated heterocycles. The number of hydrogen-bond donors (Lipinski definition) is 2. The van der Waals surface area contributed by atoms with Crippen molar-refractivity contribution in [3.63, 3.8) is 0 Å². The van der Waals surface area contributed by atoms with E-state index in [1.54, 1.807) is 14.2 Å². The number of nitrogens with zero attached hydrogens (tertiary/aromatic N) is 1. The number of ether oxygens (including phenoxy) is 3. The van der Waals surface area contributed by atoms with Crippen molar-refractivity contribution in [1.82, 2.24) is 5.32 Å². The van der Waals surface area contributed by atoms with Crippen LogP contribution in [0.1, 0.15) is 24.3 Å². The number of fused-ring (bicyclic) bond motifs is 1. The molecule has 1 aliphatic heterocycles. The van der Waals surface area contributed by atoms with Crippen LogP contribution in [0.3, 0.4) is 0 Å². The van der Waals surface area contributed by atoms with E-state index in [2.05, 4.69) is 27.8 Å². The highest BCUT2D eigenvalue weighted by atomic mass is 16.5. The standard InChI is InChI=1S/C22H29N3O3/c1-23-22(24-16-17-11-14-28-21-10-4-3-9-20(17)21)25-18-7-5-8-19(15-18)27-13-6-12-26-2/h3-5,7-10,15,17H,6,11-14,16H2,1-2H3,(H2,23,24,25). The Morgan fingerprint density at radius 1 is 1.18 bits per heavy atom. The molecule has 1 unspecified atom stereocenters. The van der Waals surface area contributed by atoms with Crippen LogP contribution in [0.25, 0.3) is 0 Å². The van der Waals surface area contributed by atoms with Gasteiger partial charge in [-0.25, -0.2) is 0 Å². The van der Waals surface area contributed by atoms with Crippen molar-refractivity contribution < 1.29 is 14.2 Å². The first-order valence-corrected chi connectivity index (χ1v) is 9.71. The van der Waals surface area contributed by atoms with Gasteiger partial charge in [0.15, 0.2) is 5.96 Å². The number of nitrogens with one attached hydrogen (secondary N) is 2. The molecule has 2 N–H and O–H groups in total. The Labute approximate surface area is 166 Å². The molecule has 2 aromatic rings.